The molecule has 0 spiro atoms. The van der Waals surface area contributed by atoms with Gasteiger partial charge in [-0.25, -0.2) is 0 Å². The molecule has 0 aliphatic heterocycles. The van der Waals surface area contributed by atoms with Crippen molar-refractivity contribution in [1.29, 1.82) is 0 Å². The van der Waals surface area contributed by atoms with E-state index in [0.717, 1.165) is 5.76 Å². The Morgan fingerprint density at radius 2 is 1.82 bits per heavy atom. The van der Waals surface area contributed by atoms with Gasteiger partial charge in [-0.2, -0.15) is 0 Å². The Kier molecular flexibility index (Phi) is 3.76. The number of furan rings is 1. The molecule has 2 rings (SSSR count). The lowest BCUT2D eigenvalue weighted by molar-refractivity contribution is 0.514. The van der Waals surface area contributed by atoms with Crippen LogP contribution in [0.4, 0.5) is 0 Å². The molecule has 0 saturated heterocycles. The number of hydrogen-bond donors (Lipinski definition) is 0. The molecule has 0 saturated carbocycles. The van der Waals surface area contributed by atoms with Gasteiger partial charge in [0.25, 0.3) is 0 Å². The second-order valence-electron chi connectivity index (χ2n) is 4.39. The highest BCUT2D eigenvalue weighted by atomic mass is 16.3. The molecule has 0 N–H and O–H groups in total. The van der Waals surface area contributed by atoms with Crippen molar-refractivity contribution in [3.8, 4) is 0 Å². The Balaban J connectivity index is 2.19. The Hall–Kier alpha value is -1.83. The first-order valence-corrected chi connectivity index (χ1v) is 5.89. The van der Waals surface area contributed by atoms with E-state index in [2.05, 4.69) is 31.0 Å². The van der Waals surface area contributed by atoms with Gasteiger partial charge < -0.3 is 4.42 Å². The third kappa shape index (κ3) is 3.06. The highest BCUT2D eigenvalue weighted by Crippen LogP contribution is 2.25. The van der Waals surface area contributed by atoms with Gasteiger partial charge in [-0.05, 0) is 23.6 Å². The minimum absolute atomic E-state index is 0.182. The number of nitrogens with zero attached hydrogens (tertiary/aromatic N) is 1. The molecule has 2 nitrogen and oxygen atoms in total. The lowest BCUT2D eigenvalue weighted by Crippen LogP contribution is -2.04. The van der Waals surface area contributed by atoms with E-state index in [1.165, 1.54) is 5.56 Å². The third-order valence-electron chi connectivity index (χ3n) is 2.68. The summed E-state index contributed by atoms with van der Waals surface area (Å²) in [7, 11) is 0. The van der Waals surface area contributed by atoms with Crippen LogP contribution in [0.3, 0.4) is 0 Å². The Morgan fingerprint density at radius 3 is 2.41 bits per heavy atom. The van der Waals surface area contributed by atoms with Crippen molar-refractivity contribution in [3.63, 3.8) is 0 Å². The lowest BCUT2D eigenvalue weighted by atomic mass is 9.97. The van der Waals surface area contributed by atoms with Crippen molar-refractivity contribution in [2.45, 2.75) is 19.9 Å². The minimum atomic E-state index is 0.182. The maximum absolute atomic E-state index is 5.25. The monoisotopic (exact) mass is 227 g/mol. The smallest absolute Gasteiger partial charge is 0.144 e. The van der Waals surface area contributed by atoms with Crippen LogP contribution in [0.1, 0.15) is 31.2 Å². The fraction of sp³-hybridized carbons (Fsp3) is 0.267. The topological polar surface area (TPSA) is 25.5 Å². The van der Waals surface area contributed by atoms with Gasteiger partial charge in [0.1, 0.15) is 5.76 Å². The third-order valence-corrected chi connectivity index (χ3v) is 2.68. The summed E-state index contributed by atoms with van der Waals surface area (Å²) in [5.41, 5.74) is 1.24. The summed E-state index contributed by atoms with van der Waals surface area (Å²) in [6, 6.07) is 14.3. The molecule has 0 aliphatic rings. The van der Waals surface area contributed by atoms with Crippen LogP contribution in [0, 0.1) is 5.92 Å². The van der Waals surface area contributed by atoms with Crippen LogP contribution in [-0.4, -0.2) is 6.21 Å². The number of hydrogen-bond acceptors (Lipinski definition) is 2. The van der Waals surface area contributed by atoms with Gasteiger partial charge in [0.05, 0.1) is 18.5 Å². The predicted octanol–water partition coefficient (Wildman–Crippen LogP) is 4.10. The van der Waals surface area contributed by atoms with Gasteiger partial charge in [0, 0.05) is 0 Å². The summed E-state index contributed by atoms with van der Waals surface area (Å²) >= 11 is 0. The van der Waals surface area contributed by atoms with Crippen LogP contribution in [0.2, 0.25) is 0 Å². The number of benzene rings is 1. The highest BCUT2D eigenvalue weighted by molar-refractivity contribution is 5.75. The molecule has 1 aromatic carbocycles. The zero-order valence-corrected chi connectivity index (χ0v) is 10.2. The van der Waals surface area contributed by atoms with Crippen LogP contribution < -0.4 is 0 Å². The largest absolute Gasteiger partial charge is 0.463 e. The van der Waals surface area contributed by atoms with Crippen molar-refractivity contribution in [2.24, 2.45) is 10.9 Å². The van der Waals surface area contributed by atoms with E-state index >= 15 is 0 Å². The van der Waals surface area contributed by atoms with E-state index < -0.39 is 0 Å². The molecule has 0 radical (unpaired) electrons. The second-order valence-corrected chi connectivity index (χ2v) is 4.39. The molecule has 0 bridgehead atoms. The van der Waals surface area contributed by atoms with E-state index in [1.807, 2.05) is 30.3 Å². The van der Waals surface area contributed by atoms with Gasteiger partial charge in [-0.15, -0.1) is 0 Å². The Bertz CT molecular complexity index is 457. The normalized spacial score (nSPS) is 13.4. The molecule has 1 atom stereocenters. The van der Waals surface area contributed by atoms with Crippen LogP contribution in [-0.2, 0) is 0 Å². The van der Waals surface area contributed by atoms with Gasteiger partial charge in [-0.3, -0.25) is 4.99 Å². The summed E-state index contributed by atoms with van der Waals surface area (Å²) in [5, 5.41) is 0. The molecule has 0 aliphatic carbocycles. The van der Waals surface area contributed by atoms with Gasteiger partial charge in [0.2, 0.25) is 0 Å². The second kappa shape index (κ2) is 5.48. The average Bonchev–Trinajstić information content (AvgIpc) is 2.83. The predicted molar refractivity (Wildman–Crippen MR) is 70.3 cm³/mol. The van der Waals surface area contributed by atoms with Crippen LogP contribution in [0.5, 0.6) is 0 Å². The molecule has 17 heavy (non-hydrogen) atoms. The van der Waals surface area contributed by atoms with Gasteiger partial charge >= 0.3 is 0 Å². The maximum Gasteiger partial charge on any atom is 0.144 e. The molecule has 1 aromatic heterocycles. The van der Waals surface area contributed by atoms with Crippen LogP contribution >= 0.6 is 0 Å². The van der Waals surface area contributed by atoms with Crippen molar-refractivity contribution in [2.75, 3.05) is 0 Å². The van der Waals surface area contributed by atoms with Crippen LogP contribution in [0.25, 0.3) is 0 Å². The molecule has 0 amide bonds. The number of aliphatic imine (C=N–C) groups is 1. The SMILES string of the molecule is CC(C)[C@H](N=Cc1ccco1)c1ccccc1. The molecule has 1 heterocycles. The summed E-state index contributed by atoms with van der Waals surface area (Å²) in [6.07, 6.45) is 3.46. The van der Waals surface area contributed by atoms with E-state index in [-0.39, 0.29) is 6.04 Å². The zero-order chi connectivity index (χ0) is 12.1. The van der Waals surface area contributed by atoms with E-state index in [0.29, 0.717) is 5.92 Å². The van der Waals surface area contributed by atoms with Crippen molar-refractivity contribution in [3.05, 3.63) is 60.1 Å². The fourth-order valence-electron chi connectivity index (χ4n) is 1.81. The minimum Gasteiger partial charge on any atom is -0.463 e. The first kappa shape index (κ1) is 11.6. The molecule has 88 valence electrons. The van der Waals surface area contributed by atoms with Gasteiger partial charge in [0.15, 0.2) is 0 Å². The Labute approximate surface area is 102 Å². The lowest BCUT2D eigenvalue weighted by Gasteiger charge is -2.16. The molecule has 0 unspecified atom stereocenters. The molecule has 2 heteroatoms. The van der Waals surface area contributed by atoms with E-state index in [9.17, 15) is 0 Å². The highest BCUT2D eigenvalue weighted by Gasteiger charge is 2.13. The standard InChI is InChI=1S/C15H17NO/c1-12(2)15(13-7-4-3-5-8-13)16-11-14-9-6-10-17-14/h3-12,15H,1-2H3/t15-/m0/s1. The van der Waals surface area contributed by atoms with E-state index in [1.54, 1.807) is 12.5 Å². The summed E-state index contributed by atoms with van der Waals surface area (Å²) in [5.74, 6) is 1.26. The van der Waals surface area contributed by atoms with Crippen molar-refractivity contribution in [1.82, 2.24) is 0 Å². The summed E-state index contributed by atoms with van der Waals surface area (Å²) < 4.78 is 5.25. The quantitative estimate of drug-likeness (QED) is 0.722. The average molecular weight is 227 g/mol. The fourth-order valence-corrected chi connectivity index (χ4v) is 1.81. The zero-order valence-electron chi connectivity index (χ0n) is 10.2. The van der Waals surface area contributed by atoms with Crippen molar-refractivity contribution < 1.29 is 4.42 Å². The molecule has 2 aromatic rings. The van der Waals surface area contributed by atoms with E-state index in [4.69, 9.17) is 4.42 Å². The molecule has 0 fully saturated rings. The summed E-state index contributed by atoms with van der Waals surface area (Å²) in [6.45, 7) is 4.36. The molecular formula is C15H17NO. The first-order valence-electron chi connectivity index (χ1n) is 5.89. The molecular weight excluding hydrogens is 210 g/mol. The summed E-state index contributed by atoms with van der Waals surface area (Å²) in [4.78, 5) is 4.62. The maximum atomic E-state index is 5.25. The van der Waals surface area contributed by atoms with Gasteiger partial charge in [-0.1, -0.05) is 44.2 Å². The van der Waals surface area contributed by atoms with Crippen molar-refractivity contribution >= 4 is 6.21 Å². The number of rotatable bonds is 4. The van der Waals surface area contributed by atoms with Crippen LogP contribution in [0.15, 0.2) is 58.1 Å². The first-order chi connectivity index (χ1) is 8.27. The Morgan fingerprint density at radius 1 is 1.06 bits per heavy atom.